The number of aromatic hydroxyl groups is 1. The number of amides is 1. The molecule has 0 aliphatic rings. The van der Waals surface area contributed by atoms with E-state index in [9.17, 15) is 9.90 Å². The molecule has 0 saturated carbocycles. The number of phenols is 1. The van der Waals surface area contributed by atoms with Gasteiger partial charge >= 0.3 is 0 Å². The van der Waals surface area contributed by atoms with Crippen LogP contribution in [0.15, 0.2) is 12.1 Å². The highest BCUT2D eigenvalue weighted by molar-refractivity contribution is 5.78. The van der Waals surface area contributed by atoms with Gasteiger partial charge in [-0.3, -0.25) is 4.79 Å². The maximum atomic E-state index is 11.8. The van der Waals surface area contributed by atoms with E-state index in [1.54, 1.807) is 4.90 Å². The Morgan fingerprint density at radius 3 is 2.21 bits per heavy atom. The molecular weight excluding hydrogens is 240 g/mol. The molecule has 0 atom stereocenters. The van der Waals surface area contributed by atoms with Crippen molar-refractivity contribution in [3.8, 4) is 5.75 Å². The summed E-state index contributed by atoms with van der Waals surface area (Å²) in [6, 6.07) is 3.88. The van der Waals surface area contributed by atoms with Crippen molar-refractivity contribution in [2.45, 2.75) is 34.2 Å². The number of likely N-dealkylation sites (N-methyl/N-ethyl adjacent to an activating group) is 1. The van der Waals surface area contributed by atoms with E-state index in [1.165, 1.54) is 0 Å². The van der Waals surface area contributed by atoms with Crippen LogP contribution in [0.25, 0.3) is 0 Å². The van der Waals surface area contributed by atoms with Crippen molar-refractivity contribution in [2.24, 2.45) is 0 Å². The van der Waals surface area contributed by atoms with Crippen LogP contribution < -0.4 is 5.32 Å². The second kappa shape index (κ2) is 7.14. The lowest BCUT2D eigenvalue weighted by Crippen LogP contribution is -2.37. The summed E-state index contributed by atoms with van der Waals surface area (Å²) in [6.45, 7) is 10.2. The topological polar surface area (TPSA) is 52.6 Å². The lowest BCUT2D eigenvalue weighted by molar-refractivity contribution is -0.129. The van der Waals surface area contributed by atoms with Gasteiger partial charge in [0.2, 0.25) is 5.91 Å². The Morgan fingerprint density at radius 1 is 1.21 bits per heavy atom. The first-order valence-corrected chi connectivity index (χ1v) is 6.77. The second-order valence-corrected chi connectivity index (χ2v) is 4.75. The summed E-state index contributed by atoms with van der Waals surface area (Å²) in [4.78, 5) is 13.6. The number of aryl methyl sites for hydroxylation is 2. The molecule has 0 bridgehead atoms. The third-order valence-electron chi connectivity index (χ3n) is 3.27. The Hall–Kier alpha value is -1.55. The molecule has 2 N–H and O–H groups in total. The van der Waals surface area contributed by atoms with Gasteiger partial charge in [-0.15, -0.1) is 0 Å². The fourth-order valence-corrected chi connectivity index (χ4v) is 2.15. The number of phenolic OH excluding ortho intramolecular Hbond substituents is 1. The van der Waals surface area contributed by atoms with Crippen molar-refractivity contribution >= 4 is 5.91 Å². The van der Waals surface area contributed by atoms with Gasteiger partial charge in [0.05, 0.1) is 6.54 Å². The van der Waals surface area contributed by atoms with E-state index in [0.29, 0.717) is 18.8 Å². The Kier molecular flexibility index (Phi) is 5.83. The van der Waals surface area contributed by atoms with Crippen LogP contribution in [-0.4, -0.2) is 35.5 Å². The third kappa shape index (κ3) is 4.24. The summed E-state index contributed by atoms with van der Waals surface area (Å²) in [5.41, 5.74) is 2.82. The normalized spacial score (nSPS) is 10.5. The molecular formula is C15H24N2O2. The molecule has 1 amide bonds. The minimum Gasteiger partial charge on any atom is -0.507 e. The van der Waals surface area contributed by atoms with E-state index in [4.69, 9.17) is 0 Å². The van der Waals surface area contributed by atoms with E-state index >= 15 is 0 Å². The molecule has 106 valence electrons. The van der Waals surface area contributed by atoms with Crippen molar-refractivity contribution < 1.29 is 9.90 Å². The molecule has 0 aliphatic heterocycles. The molecule has 0 aliphatic carbocycles. The predicted molar refractivity (Wildman–Crippen MR) is 77.2 cm³/mol. The number of carbonyl (C=O) groups is 1. The van der Waals surface area contributed by atoms with Gasteiger partial charge in [-0.05, 0) is 44.4 Å². The van der Waals surface area contributed by atoms with Gasteiger partial charge in [0.1, 0.15) is 5.75 Å². The zero-order valence-corrected chi connectivity index (χ0v) is 12.3. The van der Waals surface area contributed by atoms with Crippen LogP contribution in [0, 0.1) is 13.8 Å². The van der Waals surface area contributed by atoms with Crippen LogP contribution >= 0.6 is 0 Å². The Labute approximate surface area is 115 Å². The maximum absolute atomic E-state index is 11.8. The first-order chi connectivity index (χ1) is 8.99. The molecule has 0 radical (unpaired) electrons. The lowest BCUT2D eigenvalue weighted by atomic mass is 10.1. The van der Waals surface area contributed by atoms with Crippen LogP contribution in [0.5, 0.6) is 5.75 Å². The minimum atomic E-state index is 0.122. The molecule has 0 saturated heterocycles. The predicted octanol–water partition coefficient (Wildman–Crippen LogP) is 1.97. The van der Waals surface area contributed by atoms with E-state index < -0.39 is 0 Å². The van der Waals surface area contributed by atoms with Crippen LogP contribution in [0.4, 0.5) is 0 Å². The van der Waals surface area contributed by atoms with Crippen LogP contribution in [0.2, 0.25) is 0 Å². The fourth-order valence-electron chi connectivity index (χ4n) is 2.15. The number of nitrogens with zero attached hydrogens (tertiary/aromatic N) is 1. The summed E-state index contributed by atoms with van der Waals surface area (Å²) < 4.78 is 0. The summed E-state index contributed by atoms with van der Waals surface area (Å²) in [7, 11) is 0. The monoisotopic (exact) mass is 264 g/mol. The van der Waals surface area contributed by atoms with Gasteiger partial charge in [-0.2, -0.15) is 0 Å². The molecule has 0 heterocycles. The Morgan fingerprint density at radius 2 is 1.74 bits per heavy atom. The van der Waals surface area contributed by atoms with Gasteiger partial charge in [0.15, 0.2) is 0 Å². The van der Waals surface area contributed by atoms with E-state index in [0.717, 1.165) is 29.8 Å². The molecule has 19 heavy (non-hydrogen) atoms. The fraction of sp³-hybridized carbons (Fsp3) is 0.533. The van der Waals surface area contributed by atoms with Gasteiger partial charge in [-0.25, -0.2) is 0 Å². The molecule has 1 aromatic carbocycles. The number of rotatable bonds is 6. The summed E-state index contributed by atoms with van der Waals surface area (Å²) >= 11 is 0. The largest absolute Gasteiger partial charge is 0.507 e. The highest BCUT2D eigenvalue weighted by Crippen LogP contribution is 2.22. The van der Waals surface area contributed by atoms with E-state index in [-0.39, 0.29) is 5.91 Å². The number of nitrogens with one attached hydrogen (secondary N) is 1. The Bertz CT molecular complexity index is 417. The molecule has 4 heteroatoms. The molecule has 1 rings (SSSR count). The number of hydrogen-bond donors (Lipinski definition) is 2. The first kappa shape index (κ1) is 15.5. The van der Waals surface area contributed by atoms with Gasteiger partial charge < -0.3 is 15.3 Å². The molecule has 0 spiro atoms. The second-order valence-electron chi connectivity index (χ2n) is 4.75. The molecule has 0 unspecified atom stereocenters. The summed E-state index contributed by atoms with van der Waals surface area (Å²) in [5.74, 6) is 0.472. The molecule has 1 aromatic rings. The SMILES string of the molecule is CCN(CC)C(=O)CNCc1cc(C)c(O)c(C)c1. The number of hydrogen-bond acceptors (Lipinski definition) is 3. The number of benzene rings is 1. The maximum Gasteiger partial charge on any atom is 0.236 e. The minimum absolute atomic E-state index is 0.122. The Balaban J connectivity index is 2.52. The molecule has 0 fully saturated rings. The summed E-state index contributed by atoms with van der Waals surface area (Å²) in [5, 5.41) is 12.9. The van der Waals surface area contributed by atoms with Gasteiger partial charge in [0.25, 0.3) is 0 Å². The van der Waals surface area contributed by atoms with Crippen molar-refractivity contribution in [3.05, 3.63) is 28.8 Å². The van der Waals surface area contributed by atoms with E-state index in [1.807, 2.05) is 39.8 Å². The van der Waals surface area contributed by atoms with Crippen molar-refractivity contribution in [2.75, 3.05) is 19.6 Å². The van der Waals surface area contributed by atoms with Crippen LogP contribution in [0.1, 0.15) is 30.5 Å². The highest BCUT2D eigenvalue weighted by Gasteiger charge is 2.09. The van der Waals surface area contributed by atoms with Crippen molar-refractivity contribution in [3.63, 3.8) is 0 Å². The van der Waals surface area contributed by atoms with E-state index in [2.05, 4.69) is 5.32 Å². The van der Waals surface area contributed by atoms with Crippen LogP contribution in [0.3, 0.4) is 0 Å². The van der Waals surface area contributed by atoms with Crippen molar-refractivity contribution in [1.82, 2.24) is 10.2 Å². The zero-order chi connectivity index (χ0) is 14.4. The smallest absolute Gasteiger partial charge is 0.236 e. The third-order valence-corrected chi connectivity index (χ3v) is 3.27. The lowest BCUT2D eigenvalue weighted by Gasteiger charge is -2.18. The average Bonchev–Trinajstić information content (AvgIpc) is 2.37. The molecule has 0 aromatic heterocycles. The summed E-state index contributed by atoms with van der Waals surface area (Å²) in [6.07, 6.45) is 0. The zero-order valence-electron chi connectivity index (χ0n) is 12.3. The quantitative estimate of drug-likeness (QED) is 0.826. The first-order valence-electron chi connectivity index (χ1n) is 6.77. The number of carbonyl (C=O) groups excluding carboxylic acids is 1. The average molecular weight is 264 g/mol. The van der Waals surface area contributed by atoms with Gasteiger partial charge in [-0.1, -0.05) is 12.1 Å². The highest BCUT2D eigenvalue weighted by atomic mass is 16.3. The van der Waals surface area contributed by atoms with Gasteiger partial charge in [0, 0.05) is 19.6 Å². The van der Waals surface area contributed by atoms with Crippen molar-refractivity contribution in [1.29, 1.82) is 0 Å². The van der Waals surface area contributed by atoms with Crippen LogP contribution in [-0.2, 0) is 11.3 Å². The molecule has 4 nitrogen and oxygen atoms in total. The standard InChI is InChI=1S/C15H24N2O2/c1-5-17(6-2)14(18)10-16-9-13-7-11(3)15(19)12(4)8-13/h7-8,16,19H,5-6,9-10H2,1-4H3.